The molecule has 0 aliphatic carbocycles. The molecule has 1 aromatic carbocycles. The Morgan fingerprint density at radius 2 is 2.08 bits per heavy atom. The van der Waals surface area contributed by atoms with Gasteiger partial charge < -0.3 is 0 Å². The normalized spacial score (nSPS) is 9.58. The van der Waals surface area contributed by atoms with Gasteiger partial charge in [-0.1, -0.05) is 16.6 Å². The molecule has 0 aliphatic heterocycles. The second kappa shape index (κ2) is 4.04. The van der Waals surface area contributed by atoms with Crippen molar-refractivity contribution in [2.75, 3.05) is 5.12 Å². The number of halogens is 3. The molecule has 5 heteroatoms. The number of benzene rings is 1. The topological polar surface area (TPSA) is 20.3 Å². The summed E-state index contributed by atoms with van der Waals surface area (Å²) in [5, 5.41) is -1.23. The van der Waals surface area contributed by atoms with Gasteiger partial charge in [0.05, 0.1) is 5.69 Å². The van der Waals surface area contributed by atoms with Crippen molar-refractivity contribution in [1.29, 1.82) is 0 Å². The smallest absolute Gasteiger partial charge is 0.252 e. The van der Waals surface area contributed by atoms with Crippen LogP contribution in [0.3, 0.4) is 0 Å². The summed E-state index contributed by atoms with van der Waals surface area (Å²) in [7, 11) is 0. The highest BCUT2D eigenvalue weighted by Gasteiger charge is 2.14. The maximum absolute atomic E-state index is 12.9. The minimum Gasteiger partial charge on any atom is -0.252 e. The Labute approximate surface area is 87.4 Å². The van der Waals surface area contributed by atoms with Gasteiger partial charge in [-0.15, -0.1) is 5.12 Å². The Kier molecular flexibility index (Phi) is 3.28. The molecule has 0 saturated carbocycles. The first-order valence-electron chi connectivity index (χ1n) is 3.03. The van der Waals surface area contributed by atoms with Gasteiger partial charge in [-0.25, -0.2) is 0 Å². The van der Waals surface area contributed by atoms with Crippen molar-refractivity contribution in [3.8, 4) is 0 Å². The van der Waals surface area contributed by atoms with Crippen molar-refractivity contribution in [3.63, 3.8) is 0 Å². The first kappa shape index (κ1) is 9.73. The zero-order valence-electron chi connectivity index (χ0n) is 5.80. The van der Waals surface area contributed by atoms with Crippen LogP contribution in [0.4, 0.5) is 15.0 Å². The summed E-state index contributed by atoms with van der Waals surface area (Å²) in [6, 6.07) is 6.53. The average molecular weight is 299 g/mol. The molecule has 0 aromatic heterocycles. The van der Waals surface area contributed by atoms with Crippen molar-refractivity contribution in [2.45, 2.75) is 0 Å². The Hall–Kier alpha value is -0.360. The predicted octanol–water partition coefficient (Wildman–Crippen LogP) is 3.34. The van der Waals surface area contributed by atoms with Crippen LogP contribution in [-0.4, -0.2) is 5.37 Å². The van der Waals surface area contributed by atoms with Gasteiger partial charge in [0.15, 0.2) is 0 Å². The molecule has 64 valence electrons. The number of rotatable bonds is 1. The standard InChI is InChI=1S/C7H4ClFINO/c8-7(12)11(9)6-4-2-1-3-5(6)10/h1-4H. The average Bonchev–Trinajstić information content (AvgIpc) is 2.04. The Morgan fingerprint density at radius 3 is 2.58 bits per heavy atom. The van der Waals surface area contributed by atoms with E-state index in [1.807, 2.05) is 22.6 Å². The number of carbonyl (C=O) groups is 1. The van der Waals surface area contributed by atoms with Crippen molar-refractivity contribution in [2.24, 2.45) is 0 Å². The summed E-state index contributed by atoms with van der Waals surface area (Å²) in [6.45, 7) is 0. The maximum Gasteiger partial charge on any atom is 0.349 e. The molecule has 0 bridgehead atoms. The third kappa shape index (κ3) is 2.07. The van der Waals surface area contributed by atoms with E-state index in [4.69, 9.17) is 11.6 Å². The lowest BCUT2D eigenvalue weighted by Gasteiger charge is -2.08. The molecule has 1 amide bonds. The molecule has 0 atom stereocenters. The monoisotopic (exact) mass is 299 g/mol. The molecule has 2 nitrogen and oxygen atoms in total. The van der Waals surface area contributed by atoms with Gasteiger partial charge in [0.2, 0.25) is 0 Å². The number of anilines is 1. The third-order valence-corrected chi connectivity index (χ3v) is 2.28. The lowest BCUT2D eigenvalue weighted by Crippen LogP contribution is -2.15. The zero-order chi connectivity index (χ0) is 9.14. The highest BCUT2D eigenvalue weighted by atomic mass is 127. The van der Waals surface area contributed by atoms with Gasteiger partial charge in [-0.3, -0.25) is 4.79 Å². The van der Waals surface area contributed by atoms with Gasteiger partial charge in [0, 0.05) is 3.57 Å². The zero-order valence-corrected chi connectivity index (χ0v) is 8.71. The minimum atomic E-state index is -1.14. The van der Waals surface area contributed by atoms with Crippen LogP contribution in [0, 0.1) is 3.57 Å². The predicted molar refractivity (Wildman–Crippen MR) is 54.0 cm³/mol. The Bertz CT molecular complexity index is 307. The van der Waals surface area contributed by atoms with Gasteiger partial charge in [-0.05, 0) is 46.3 Å². The summed E-state index contributed by atoms with van der Waals surface area (Å²) >= 11 is 6.86. The van der Waals surface area contributed by atoms with E-state index in [0.717, 1.165) is 0 Å². The molecular weight excluding hydrogens is 295 g/mol. The lowest BCUT2D eigenvalue weighted by atomic mass is 10.3. The van der Waals surface area contributed by atoms with Crippen molar-refractivity contribution >= 4 is 45.2 Å². The second-order valence-corrected chi connectivity index (χ2v) is 3.47. The second-order valence-electron chi connectivity index (χ2n) is 1.99. The maximum atomic E-state index is 12.9. The molecule has 0 radical (unpaired) electrons. The van der Waals surface area contributed by atoms with Crippen LogP contribution < -0.4 is 5.12 Å². The Morgan fingerprint density at radius 1 is 1.50 bits per heavy atom. The minimum absolute atomic E-state index is 0.0939. The van der Waals surface area contributed by atoms with Gasteiger partial charge in [-0.2, -0.15) is 0 Å². The SMILES string of the molecule is O=C(Cl)N(F)c1ccccc1I. The lowest BCUT2D eigenvalue weighted by molar-refractivity contribution is 0.253. The molecule has 1 aromatic rings. The fourth-order valence-corrected chi connectivity index (χ4v) is 1.40. The number of amides is 1. The molecule has 0 spiro atoms. The van der Waals surface area contributed by atoms with E-state index in [1.165, 1.54) is 6.07 Å². The Balaban J connectivity index is 3.02. The largest absolute Gasteiger partial charge is 0.349 e. The number of nitrogens with zero attached hydrogens (tertiary/aromatic N) is 1. The van der Waals surface area contributed by atoms with E-state index in [-0.39, 0.29) is 10.8 Å². The molecule has 0 heterocycles. The summed E-state index contributed by atoms with van der Waals surface area (Å²) in [5.74, 6) is 0. The van der Waals surface area contributed by atoms with E-state index in [2.05, 4.69) is 0 Å². The summed E-state index contributed by atoms with van der Waals surface area (Å²) < 4.78 is 13.5. The molecule has 0 saturated heterocycles. The molecule has 0 unspecified atom stereocenters. The first-order chi connectivity index (χ1) is 5.63. The van der Waals surface area contributed by atoms with E-state index >= 15 is 0 Å². The molecule has 0 aliphatic rings. The van der Waals surface area contributed by atoms with Crippen LogP contribution in [0.25, 0.3) is 0 Å². The fraction of sp³-hybridized carbons (Fsp3) is 0. The first-order valence-corrected chi connectivity index (χ1v) is 4.48. The molecular formula is C7H4ClFINO. The molecule has 12 heavy (non-hydrogen) atoms. The third-order valence-electron chi connectivity index (χ3n) is 1.22. The van der Waals surface area contributed by atoms with Crippen LogP contribution in [0.1, 0.15) is 0 Å². The van der Waals surface area contributed by atoms with E-state index in [0.29, 0.717) is 3.57 Å². The van der Waals surface area contributed by atoms with Crippen LogP contribution >= 0.6 is 34.2 Å². The van der Waals surface area contributed by atoms with E-state index in [9.17, 15) is 9.28 Å². The highest BCUT2D eigenvalue weighted by molar-refractivity contribution is 14.1. The van der Waals surface area contributed by atoms with Crippen LogP contribution in [0.15, 0.2) is 24.3 Å². The molecule has 0 fully saturated rings. The molecule has 1 rings (SSSR count). The van der Waals surface area contributed by atoms with E-state index < -0.39 is 5.37 Å². The van der Waals surface area contributed by atoms with E-state index in [1.54, 1.807) is 18.2 Å². The van der Waals surface area contributed by atoms with Crippen molar-refractivity contribution < 1.29 is 9.28 Å². The molecule has 0 N–H and O–H groups in total. The number of para-hydroxylation sites is 1. The van der Waals surface area contributed by atoms with Crippen LogP contribution in [-0.2, 0) is 0 Å². The van der Waals surface area contributed by atoms with Gasteiger partial charge in [0.1, 0.15) is 0 Å². The van der Waals surface area contributed by atoms with Gasteiger partial charge >= 0.3 is 5.37 Å². The summed E-state index contributed by atoms with van der Waals surface area (Å²) in [4.78, 5) is 10.4. The number of carbonyl (C=O) groups excluding carboxylic acids is 1. The van der Waals surface area contributed by atoms with Crippen molar-refractivity contribution in [1.82, 2.24) is 0 Å². The highest BCUT2D eigenvalue weighted by Crippen LogP contribution is 2.23. The van der Waals surface area contributed by atoms with Gasteiger partial charge in [0.25, 0.3) is 0 Å². The van der Waals surface area contributed by atoms with Crippen LogP contribution in [0.2, 0.25) is 0 Å². The summed E-state index contributed by atoms with van der Waals surface area (Å²) in [6.07, 6.45) is 0. The van der Waals surface area contributed by atoms with Crippen LogP contribution in [0.5, 0.6) is 0 Å². The van der Waals surface area contributed by atoms with Crippen molar-refractivity contribution in [3.05, 3.63) is 27.8 Å². The number of hydrogen-bond acceptors (Lipinski definition) is 1. The number of hydrogen-bond donors (Lipinski definition) is 0. The quantitative estimate of drug-likeness (QED) is 0.337. The fourth-order valence-electron chi connectivity index (χ4n) is 0.706. The summed E-state index contributed by atoms with van der Waals surface area (Å²) in [5.41, 5.74) is 0.165.